The van der Waals surface area contributed by atoms with E-state index in [1.807, 2.05) is 19.9 Å². The van der Waals surface area contributed by atoms with Gasteiger partial charge in [-0.25, -0.2) is 17.8 Å². The van der Waals surface area contributed by atoms with Gasteiger partial charge in [-0.2, -0.15) is 4.31 Å². The number of aryl methyl sites for hydroxylation is 2. The van der Waals surface area contributed by atoms with Crippen LogP contribution in [0.15, 0.2) is 64.1 Å². The normalized spacial score (nSPS) is 15.4. The number of anilines is 1. The number of fused-ring (bicyclic) bond motifs is 1. The molecule has 4 aromatic rings. The number of sulfonamides is 1. The van der Waals surface area contributed by atoms with E-state index in [2.05, 4.69) is 12.1 Å². The average molecular weight is 528 g/mol. The second kappa shape index (κ2) is 9.76. The first-order valence-corrected chi connectivity index (χ1v) is 14.0. The molecular formula is C26H26FN3O4S2. The molecule has 2 aromatic carbocycles. The number of furan rings is 1. The monoisotopic (exact) mass is 527 g/mol. The number of carbonyl (C=O) groups excluding carboxylic acids is 1. The molecule has 0 atom stereocenters. The number of nitrogens with zero attached hydrogens (tertiary/aromatic N) is 3. The number of carbonyl (C=O) groups is 1. The van der Waals surface area contributed by atoms with E-state index in [9.17, 15) is 17.6 Å². The van der Waals surface area contributed by atoms with E-state index < -0.39 is 15.8 Å². The number of thiazole rings is 1. The number of rotatable bonds is 6. The molecule has 0 spiro atoms. The van der Waals surface area contributed by atoms with Crippen LogP contribution in [0.3, 0.4) is 0 Å². The first-order chi connectivity index (χ1) is 17.2. The van der Waals surface area contributed by atoms with Gasteiger partial charge in [0.05, 0.1) is 23.0 Å². The molecule has 0 saturated carbocycles. The third-order valence-corrected chi connectivity index (χ3v) is 9.42. The standard InChI is InChI=1S/C26H26FN3O4S2/c1-17-14-18(2)24-22(15-17)35-26(28-24)30(16-20-6-5-13-34-20)25(31)19-9-11-29(12-10-19)36(32,33)23-8-4-3-7-21(23)27/h3-8,13-15,19H,9-12,16H2,1-2H3. The molecule has 0 radical (unpaired) electrons. The molecule has 1 aliphatic rings. The molecule has 0 aliphatic carbocycles. The third-order valence-electron chi connectivity index (χ3n) is 6.47. The van der Waals surface area contributed by atoms with E-state index in [0.717, 1.165) is 27.4 Å². The van der Waals surface area contributed by atoms with Crippen LogP contribution in [0, 0.1) is 25.6 Å². The Labute approximate surface area is 213 Å². The summed E-state index contributed by atoms with van der Waals surface area (Å²) in [5.41, 5.74) is 3.04. The zero-order chi connectivity index (χ0) is 25.4. The molecule has 1 fully saturated rings. The summed E-state index contributed by atoms with van der Waals surface area (Å²) < 4.78 is 47.9. The van der Waals surface area contributed by atoms with Crippen molar-refractivity contribution in [3.05, 3.63) is 77.5 Å². The topological polar surface area (TPSA) is 83.7 Å². The second-order valence-electron chi connectivity index (χ2n) is 9.04. The molecule has 1 saturated heterocycles. The fourth-order valence-electron chi connectivity index (χ4n) is 4.63. The molecule has 188 valence electrons. The number of piperidine rings is 1. The van der Waals surface area contributed by atoms with Crippen molar-refractivity contribution in [3.63, 3.8) is 0 Å². The highest BCUT2D eigenvalue weighted by Gasteiger charge is 2.36. The minimum atomic E-state index is -3.97. The maximum Gasteiger partial charge on any atom is 0.245 e. The van der Waals surface area contributed by atoms with Crippen molar-refractivity contribution in [2.75, 3.05) is 18.0 Å². The van der Waals surface area contributed by atoms with Crippen molar-refractivity contribution in [1.29, 1.82) is 0 Å². The van der Waals surface area contributed by atoms with Gasteiger partial charge in [0.1, 0.15) is 16.5 Å². The zero-order valence-electron chi connectivity index (χ0n) is 20.0. The smallest absolute Gasteiger partial charge is 0.245 e. The largest absolute Gasteiger partial charge is 0.467 e. The van der Waals surface area contributed by atoms with Crippen molar-refractivity contribution < 1.29 is 22.0 Å². The van der Waals surface area contributed by atoms with Crippen LogP contribution in [0.5, 0.6) is 0 Å². The molecule has 3 heterocycles. The first-order valence-electron chi connectivity index (χ1n) is 11.7. The highest BCUT2D eigenvalue weighted by atomic mass is 32.2. The maximum atomic E-state index is 14.2. The summed E-state index contributed by atoms with van der Waals surface area (Å²) in [6.07, 6.45) is 2.24. The van der Waals surface area contributed by atoms with Gasteiger partial charge >= 0.3 is 0 Å². The fourth-order valence-corrected chi connectivity index (χ4v) is 7.31. The molecule has 0 N–H and O–H groups in total. The van der Waals surface area contributed by atoms with Gasteiger partial charge in [-0.15, -0.1) is 0 Å². The third kappa shape index (κ3) is 4.68. The van der Waals surface area contributed by atoms with Gasteiger partial charge < -0.3 is 4.42 Å². The minimum Gasteiger partial charge on any atom is -0.467 e. The molecule has 0 bridgehead atoms. The van der Waals surface area contributed by atoms with Gasteiger partial charge in [0.2, 0.25) is 15.9 Å². The van der Waals surface area contributed by atoms with Crippen molar-refractivity contribution in [2.24, 2.45) is 5.92 Å². The highest BCUT2D eigenvalue weighted by molar-refractivity contribution is 7.89. The lowest BCUT2D eigenvalue weighted by Crippen LogP contribution is -2.44. The predicted molar refractivity (Wildman–Crippen MR) is 137 cm³/mol. The molecule has 1 amide bonds. The summed E-state index contributed by atoms with van der Waals surface area (Å²) in [4.78, 5) is 19.8. The predicted octanol–water partition coefficient (Wildman–Crippen LogP) is 5.28. The summed E-state index contributed by atoms with van der Waals surface area (Å²) in [6, 6.07) is 13.1. The Morgan fingerprint density at radius 1 is 1.17 bits per heavy atom. The molecule has 2 aromatic heterocycles. The van der Waals surface area contributed by atoms with E-state index in [1.54, 1.807) is 17.2 Å². The zero-order valence-corrected chi connectivity index (χ0v) is 21.6. The minimum absolute atomic E-state index is 0.122. The Morgan fingerprint density at radius 2 is 1.92 bits per heavy atom. The van der Waals surface area contributed by atoms with Crippen LogP contribution in [-0.4, -0.2) is 36.7 Å². The Hall–Kier alpha value is -3.08. The van der Waals surface area contributed by atoms with Gasteiger partial charge in [0.15, 0.2) is 5.13 Å². The molecule has 36 heavy (non-hydrogen) atoms. The van der Waals surface area contributed by atoms with E-state index in [4.69, 9.17) is 9.40 Å². The van der Waals surface area contributed by atoms with Crippen molar-refractivity contribution in [3.8, 4) is 0 Å². The van der Waals surface area contributed by atoms with Gasteiger partial charge in [0.25, 0.3) is 0 Å². The van der Waals surface area contributed by atoms with Crippen LogP contribution in [0.4, 0.5) is 9.52 Å². The highest BCUT2D eigenvalue weighted by Crippen LogP contribution is 2.35. The van der Waals surface area contributed by atoms with Crippen LogP contribution < -0.4 is 4.90 Å². The summed E-state index contributed by atoms with van der Waals surface area (Å²) in [6.45, 7) is 4.54. The average Bonchev–Trinajstić information content (AvgIpc) is 3.52. The summed E-state index contributed by atoms with van der Waals surface area (Å²) in [7, 11) is -3.97. The Morgan fingerprint density at radius 3 is 2.61 bits per heavy atom. The molecule has 10 heteroatoms. The number of aromatic nitrogens is 1. The number of hydrogen-bond acceptors (Lipinski definition) is 6. The molecule has 1 aliphatic heterocycles. The SMILES string of the molecule is Cc1cc(C)c2nc(N(Cc3ccco3)C(=O)C3CCN(S(=O)(=O)c4ccccc4F)CC3)sc2c1. The van der Waals surface area contributed by atoms with E-state index >= 15 is 0 Å². The number of halogens is 1. The molecular weight excluding hydrogens is 501 g/mol. The van der Waals surface area contributed by atoms with Gasteiger partial charge in [-0.3, -0.25) is 9.69 Å². The lowest BCUT2D eigenvalue weighted by Gasteiger charge is -2.32. The van der Waals surface area contributed by atoms with E-state index in [1.165, 1.54) is 33.8 Å². The summed E-state index contributed by atoms with van der Waals surface area (Å²) >= 11 is 1.46. The van der Waals surface area contributed by atoms with Gasteiger partial charge in [-0.1, -0.05) is 29.5 Å². The quantitative estimate of drug-likeness (QED) is 0.341. The Kier molecular flexibility index (Phi) is 6.67. The lowest BCUT2D eigenvalue weighted by molar-refractivity contribution is -0.123. The van der Waals surface area contributed by atoms with Gasteiger partial charge in [-0.05, 0) is 68.1 Å². The van der Waals surface area contributed by atoms with E-state index in [0.29, 0.717) is 23.7 Å². The number of benzene rings is 2. The van der Waals surface area contributed by atoms with Crippen LogP contribution in [0.2, 0.25) is 0 Å². The van der Waals surface area contributed by atoms with Crippen LogP contribution in [0.1, 0.15) is 29.7 Å². The maximum absolute atomic E-state index is 14.2. The summed E-state index contributed by atoms with van der Waals surface area (Å²) in [5.74, 6) is -0.651. The molecule has 5 rings (SSSR count). The van der Waals surface area contributed by atoms with Crippen molar-refractivity contribution in [2.45, 2.75) is 38.1 Å². The van der Waals surface area contributed by atoms with E-state index in [-0.39, 0.29) is 36.4 Å². The molecule has 7 nitrogen and oxygen atoms in total. The number of amides is 1. The number of hydrogen-bond donors (Lipinski definition) is 0. The van der Waals surface area contributed by atoms with Crippen molar-refractivity contribution in [1.82, 2.24) is 9.29 Å². The second-order valence-corrected chi connectivity index (χ2v) is 12.0. The Bertz CT molecular complexity index is 1510. The summed E-state index contributed by atoms with van der Waals surface area (Å²) in [5, 5.41) is 0.585. The van der Waals surface area contributed by atoms with Crippen LogP contribution in [0.25, 0.3) is 10.2 Å². The lowest BCUT2D eigenvalue weighted by atomic mass is 9.96. The Balaban J connectivity index is 1.39. The van der Waals surface area contributed by atoms with Crippen LogP contribution >= 0.6 is 11.3 Å². The van der Waals surface area contributed by atoms with Crippen LogP contribution in [-0.2, 0) is 21.4 Å². The fraction of sp³-hybridized carbons (Fsp3) is 0.308. The first kappa shape index (κ1) is 24.6. The van der Waals surface area contributed by atoms with Gasteiger partial charge in [0, 0.05) is 19.0 Å². The molecule has 0 unspecified atom stereocenters. The van der Waals surface area contributed by atoms with Crippen molar-refractivity contribution >= 4 is 42.6 Å².